The van der Waals surface area contributed by atoms with Crippen molar-refractivity contribution in [2.45, 2.75) is 32.4 Å². The number of nitrogens with one attached hydrogen (secondary N) is 1. The van der Waals surface area contributed by atoms with Gasteiger partial charge in [0.2, 0.25) is 0 Å². The van der Waals surface area contributed by atoms with Crippen LogP contribution in [0.5, 0.6) is 0 Å². The number of hydrogen-bond donors (Lipinski definition) is 1. The van der Waals surface area contributed by atoms with Crippen LogP contribution in [0.3, 0.4) is 0 Å². The Labute approximate surface area is 136 Å². The normalized spacial score (nSPS) is 23.0. The van der Waals surface area contributed by atoms with E-state index < -0.39 is 0 Å². The van der Waals surface area contributed by atoms with Gasteiger partial charge < -0.3 is 19.7 Å². The third-order valence-corrected chi connectivity index (χ3v) is 4.59. The zero-order valence-corrected chi connectivity index (χ0v) is 13.7. The first kappa shape index (κ1) is 16.3. The summed E-state index contributed by atoms with van der Waals surface area (Å²) < 4.78 is 13.0. The van der Waals surface area contributed by atoms with Crippen molar-refractivity contribution < 1.29 is 14.3 Å². The number of carbonyl (C=O) groups is 1. The highest BCUT2D eigenvalue weighted by molar-refractivity contribution is 5.74. The summed E-state index contributed by atoms with van der Waals surface area (Å²) in [4.78, 5) is 14.2. The molecule has 0 aliphatic carbocycles. The van der Waals surface area contributed by atoms with Crippen LogP contribution in [-0.4, -0.2) is 60.2 Å². The van der Waals surface area contributed by atoms with Gasteiger partial charge in [0.05, 0.1) is 19.3 Å². The first-order chi connectivity index (χ1) is 11.3. The molecule has 0 spiro atoms. The van der Waals surface area contributed by atoms with Crippen molar-refractivity contribution in [3.05, 3.63) is 18.0 Å². The summed E-state index contributed by atoms with van der Waals surface area (Å²) >= 11 is 0. The Kier molecular flexibility index (Phi) is 5.51. The Balaban J connectivity index is 1.49. The predicted octanol–water partition coefficient (Wildman–Crippen LogP) is 1.41. The molecule has 2 fully saturated rings. The lowest BCUT2D eigenvalue weighted by Gasteiger charge is -2.33. The van der Waals surface area contributed by atoms with Gasteiger partial charge in [-0.2, -0.15) is 5.10 Å². The Hall–Kier alpha value is -1.60. The Bertz CT molecular complexity index is 513. The summed E-state index contributed by atoms with van der Waals surface area (Å²) in [6, 6.07) is 0.00711. The zero-order chi connectivity index (χ0) is 16.1. The van der Waals surface area contributed by atoms with Crippen LogP contribution >= 0.6 is 0 Å². The third kappa shape index (κ3) is 4.23. The van der Waals surface area contributed by atoms with Crippen molar-refractivity contribution in [1.82, 2.24) is 20.0 Å². The lowest BCUT2D eigenvalue weighted by Crippen LogP contribution is -2.48. The Morgan fingerprint density at radius 1 is 1.39 bits per heavy atom. The molecular weight excluding hydrogens is 296 g/mol. The lowest BCUT2D eigenvalue weighted by atomic mass is 10.0. The van der Waals surface area contributed by atoms with E-state index in [1.807, 2.05) is 22.0 Å². The molecule has 1 atom stereocenters. The summed E-state index contributed by atoms with van der Waals surface area (Å²) in [5.74, 6) is 0.535. The van der Waals surface area contributed by atoms with Crippen molar-refractivity contribution in [3.63, 3.8) is 0 Å². The fourth-order valence-electron chi connectivity index (χ4n) is 3.05. The van der Waals surface area contributed by atoms with Crippen LogP contribution in [0.2, 0.25) is 0 Å². The van der Waals surface area contributed by atoms with Gasteiger partial charge in [0, 0.05) is 44.6 Å². The molecule has 128 valence electrons. The second-order valence-corrected chi connectivity index (χ2v) is 6.18. The number of aryl methyl sites for hydroxylation is 1. The van der Waals surface area contributed by atoms with Crippen molar-refractivity contribution in [2.24, 2.45) is 5.92 Å². The molecule has 23 heavy (non-hydrogen) atoms. The number of hydrogen-bond acceptors (Lipinski definition) is 4. The average molecular weight is 322 g/mol. The molecule has 2 aliphatic rings. The molecule has 2 amide bonds. The number of morpholine rings is 1. The van der Waals surface area contributed by atoms with Crippen LogP contribution in [0.25, 0.3) is 0 Å². The monoisotopic (exact) mass is 322 g/mol. The van der Waals surface area contributed by atoms with E-state index in [1.54, 1.807) is 0 Å². The van der Waals surface area contributed by atoms with Gasteiger partial charge in [0.1, 0.15) is 6.10 Å². The summed E-state index contributed by atoms with van der Waals surface area (Å²) in [6.45, 7) is 7.01. The van der Waals surface area contributed by atoms with E-state index in [4.69, 9.17) is 9.47 Å². The van der Waals surface area contributed by atoms with Gasteiger partial charge in [-0.15, -0.1) is 0 Å². The number of nitrogens with zero attached hydrogens (tertiary/aromatic N) is 3. The third-order valence-electron chi connectivity index (χ3n) is 4.59. The maximum Gasteiger partial charge on any atom is 0.317 e. The largest absolute Gasteiger partial charge is 0.381 e. The molecule has 0 saturated carbocycles. The lowest BCUT2D eigenvalue weighted by molar-refractivity contribution is -0.0158. The van der Waals surface area contributed by atoms with Gasteiger partial charge >= 0.3 is 6.03 Å². The molecule has 1 aromatic heterocycles. The molecule has 0 aromatic carbocycles. The minimum absolute atomic E-state index is 0.00711. The molecular formula is C16H26N4O3. The quantitative estimate of drug-likeness (QED) is 0.910. The van der Waals surface area contributed by atoms with E-state index in [0.29, 0.717) is 25.6 Å². The van der Waals surface area contributed by atoms with E-state index in [0.717, 1.165) is 44.7 Å². The van der Waals surface area contributed by atoms with Crippen molar-refractivity contribution in [2.75, 3.05) is 39.5 Å². The van der Waals surface area contributed by atoms with Crippen LogP contribution in [0.1, 0.15) is 31.4 Å². The Morgan fingerprint density at radius 2 is 2.22 bits per heavy atom. The molecule has 7 heteroatoms. The minimum Gasteiger partial charge on any atom is -0.381 e. The fraction of sp³-hybridized carbons (Fsp3) is 0.750. The number of urea groups is 1. The van der Waals surface area contributed by atoms with Gasteiger partial charge in [-0.05, 0) is 25.7 Å². The average Bonchev–Trinajstić information content (AvgIpc) is 3.10. The molecule has 2 saturated heterocycles. The van der Waals surface area contributed by atoms with Gasteiger partial charge in [0.25, 0.3) is 0 Å². The summed E-state index contributed by atoms with van der Waals surface area (Å²) in [7, 11) is 0. The smallest absolute Gasteiger partial charge is 0.317 e. The second-order valence-electron chi connectivity index (χ2n) is 6.18. The number of rotatable bonds is 4. The number of amides is 2. The highest BCUT2D eigenvalue weighted by Crippen LogP contribution is 2.22. The van der Waals surface area contributed by atoms with Gasteiger partial charge in [-0.25, -0.2) is 4.79 Å². The van der Waals surface area contributed by atoms with Crippen LogP contribution < -0.4 is 5.32 Å². The van der Waals surface area contributed by atoms with E-state index >= 15 is 0 Å². The molecule has 0 radical (unpaired) electrons. The first-order valence-electron chi connectivity index (χ1n) is 8.50. The van der Waals surface area contributed by atoms with Crippen LogP contribution in [-0.2, 0) is 16.0 Å². The maximum absolute atomic E-state index is 12.4. The number of carbonyl (C=O) groups excluding carboxylic acids is 1. The van der Waals surface area contributed by atoms with E-state index in [9.17, 15) is 4.79 Å². The molecule has 3 rings (SSSR count). The van der Waals surface area contributed by atoms with E-state index in [2.05, 4.69) is 17.3 Å². The van der Waals surface area contributed by atoms with Crippen molar-refractivity contribution >= 4 is 6.03 Å². The molecule has 2 aliphatic heterocycles. The topological polar surface area (TPSA) is 68.6 Å². The summed E-state index contributed by atoms with van der Waals surface area (Å²) in [5.41, 5.74) is 1.04. The summed E-state index contributed by atoms with van der Waals surface area (Å²) in [5, 5.41) is 7.35. The van der Waals surface area contributed by atoms with Crippen molar-refractivity contribution in [3.8, 4) is 0 Å². The number of ether oxygens (including phenoxy) is 2. The Morgan fingerprint density at radius 3 is 2.96 bits per heavy atom. The summed E-state index contributed by atoms with van der Waals surface area (Å²) in [6.07, 6.45) is 5.80. The van der Waals surface area contributed by atoms with Crippen molar-refractivity contribution in [1.29, 1.82) is 0 Å². The molecule has 1 unspecified atom stereocenters. The minimum atomic E-state index is -0.0853. The van der Waals surface area contributed by atoms with Crippen LogP contribution in [0, 0.1) is 5.92 Å². The second kappa shape index (κ2) is 7.79. The molecule has 7 nitrogen and oxygen atoms in total. The first-order valence-corrected chi connectivity index (χ1v) is 8.50. The molecule has 0 bridgehead atoms. The van der Waals surface area contributed by atoms with E-state index in [-0.39, 0.29) is 12.1 Å². The predicted molar refractivity (Wildman–Crippen MR) is 85.1 cm³/mol. The highest BCUT2D eigenvalue weighted by Gasteiger charge is 2.26. The SMILES string of the molecule is CCn1cc(C2CN(C(=O)NCC3CCOCC3)CCO2)cn1. The molecule has 3 heterocycles. The van der Waals surface area contributed by atoms with Crippen LogP contribution in [0.15, 0.2) is 12.4 Å². The number of aromatic nitrogens is 2. The van der Waals surface area contributed by atoms with Gasteiger partial charge in [0.15, 0.2) is 0 Å². The standard InChI is InChI=1S/C16H26N4O3/c1-2-20-11-14(10-18-20)15-12-19(5-8-23-15)16(21)17-9-13-3-6-22-7-4-13/h10-11,13,15H,2-9,12H2,1H3,(H,17,21). The zero-order valence-electron chi connectivity index (χ0n) is 13.7. The maximum atomic E-state index is 12.4. The highest BCUT2D eigenvalue weighted by atomic mass is 16.5. The van der Waals surface area contributed by atoms with Gasteiger partial charge in [-0.3, -0.25) is 4.68 Å². The molecule has 1 N–H and O–H groups in total. The molecule has 1 aromatic rings. The van der Waals surface area contributed by atoms with Crippen LogP contribution in [0.4, 0.5) is 4.79 Å². The van der Waals surface area contributed by atoms with E-state index in [1.165, 1.54) is 0 Å². The fourth-order valence-corrected chi connectivity index (χ4v) is 3.05. The van der Waals surface area contributed by atoms with Gasteiger partial charge in [-0.1, -0.05) is 0 Å².